The summed E-state index contributed by atoms with van der Waals surface area (Å²) in [5.74, 6) is 1.98. The Bertz CT molecular complexity index is 843. The smallest absolute Gasteiger partial charge is 0.229 e. The lowest BCUT2D eigenvalue weighted by atomic mass is 9.85. The molecule has 146 valence electrons. The second kappa shape index (κ2) is 9.55. The summed E-state index contributed by atoms with van der Waals surface area (Å²) in [4.78, 5) is 20.4. The van der Waals surface area contributed by atoms with Crippen LogP contribution in [0.5, 0.6) is 5.75 Å². The number of ether oxygens (including phenoxy) is 1. The second-order valence-electron chi connectivity index (χ2n) is 6.62. The molecule has 0 spiro atoms. The fourth-order valence-electron chi connectivity index (χ4n) is 2.78. The zero-order valence-corrected chi connectivity index (χ0v) is 15.9. The third kappa shape index (κ3) is 5.10. The molecule has 0 saturated heterocycles. The second-order valence-corrected chi connectivity index (χ2v) is 6.62. The van der Waals surface area contributed by atoms with Crippen molar-refractivity contribution in [3.8, 4) is 11.8 Å². The van der Waals surface area contributed by atoms with Crippen LogP contribution in [0.2, 0.25) is 0 Å². The van der Waals surface area contributed by atoms with Crippen LogP contribution in [-0.4, -0.2) is 36.1 Å². The summed E-state index contributed by atoms with van der Waals surface area (Å²) in [6.45, 7) is 1.20. The van der Waals surface area contributed by atoms with E-state index in [1.54, 1.807) is 7.11 Å². The molecule has 3 rings (SSSR count). The van der Waals surface area contributed by atoms with E-state index in [-0.39, 0.29) is 11.8 Å². The molecule has 0 bridgehead atoms. The number of aromatic nitrogens is 2. The Morgan fingerprint density at radius 3 is 2.71 bits per heavy atom. The molecule has 1 aliphatic carbocycles. The number of nitrogens with zero attached hydrogens (tertiary/aromatic N) is 3. The SMILES string of the molecule is COc1ccc(Nc2ncc(C#N)c(NCCCNC(=O)C3CCC3)n2)cc1. The summed E-state index contributed by atoms with van der Waals surface area (Å²) in [6, 6.07) is 9.48. The van der Waals surface area contributed by atoms with Crippen LogP contribution in [-0.2, 0) is 4.79 Å². The lowest BCUT2D eigenvalue weighted by Gasteiger charge is -2.24. The molecule has 1 fully saturated rings. The van der Waals surface area contributed by atoms with Crippen molar-refractivity contribution in [3.63, 3.8) is 0 Å². The molecule has 0 atom stereocenters. The van der Waals surface area contributed by atoms with E-state index in [0.717, 1.165) is 37.1 Å². The molecule has 1 aromatic carbocycles. The first-order valence-electron chi connectivity index (χ1n) is 9.39. The number of nitrogens with one attached hydrogen (secondary N) is 3. The zero-order valence-electron chi connectivity index (χ0n) is 15.9. The molecule has 3 N–H and O–H groups in total. The van der Waals surface area contributed by atoms with E-state index in [0.29, 0.717) is 30.4 Å². The Morgan fingerprint density at radius 2 is 2.07 bits per heavy atom. The summed E-state index contributed by atoms with van der Waals surface area (Å²) >= 11 is 0. The number of benzene rings is 1. The lowest BCUT2D eigenvalue weighted by Crippen LogP contribution is -2.35. The molecule has 8 nitrogen and oxygen atoms in total. The number of rotatable bonds is 9. The predicted octanol–water partition coefficient (Wildman–Crippen LogP) is 2.82. The summed E-state index contributed by atoms with van der Waals surface area (Å²) < 4.78 is 5.14. The maximum atomic E-state index is 11.8. The number of nitriles is 1. The van der Waals surface area contributed by atoms with Gasteiger partial charge in [0.15, 0.2) is 0 Å². The van der Waals surface area contributed by atoms with Gasteiger partial charge in [0, 0.05) is 24.7 Å². The highest BCUT2D eigenvalue weighted by atomic mass is 16.5. The van der Waals surface area contributed by atoms with E-state index >= 15 is 0 Å². The van der Waals surface area contributed by atoms with Gasteiger partial charge >= 0.3 is 0 Å². The number of hydrogen-bond donors (Lipinski definition) is 3. The van der Waals surface area contributed by atoms with Crippen molar-refractivity contribution in [2.75, 3.05) is 30.8 Å². The van der Waals surface area contributed by atoms with Gasteiger partial charge < -0.3 is 20.7 Å². The van der Waals surface area contributed by atoms with Gasteiger partial charge in [-0.05, 0) is 43.5 Å². The quantitative estimate of drug-likeness (QED) is 0.573. The van der Waals surface area contributed by atoms with Crippen LogP contribution in [0.15, 0.2) is 30.5 Å². The highest BCUT2D eigenvalue weighted by Gasteiger charge is 2.24. The van der Waals surface area contributed by atoms with Crippen LogP contribution in [0, 0.1) is 17.2 Å². The summed E-state index contributed by atoms with van der Waals surface area (Å²) in [6.07, 6.45) is 5.38. The minimum absolute atomic E-state index is 0.150. The third-order valence-corrected chi connectivity index (χ3v) is 4.68. The van der Waals surface area contributed by atoms with Gasteiger partial charge in [-0.3, -0.25) is 4.79 Å². The molecule has 1 aromatic heterocycles. The standard InChI is InChI=1S/C20H24N6O2/c1-28-17-8-6-16(7-9-17)25-20-24-13-15(12-21)18(26-20)22-10-3-11-23-19(27)14-4-2-5-14/h6-9,13-14H,2-5,10-11H2,1H3,(H,23,27)(H2,22,24,25,26). The minimum atomic E-state index is 0.150. The van der Waals surface area contributed by atoms with Crippen LogP contribution < -0.4 is 20.7 Å². The molecule has 2 aromatic rings. The fourth-order valence-corrected chi connectivity index (χ4v) is 2.78. The van der Waals surface area contributed by atoms with Gasteiger partial charge in [-0.2, -0.15) is 10.2 Å². The van der Waals surface area contributed by atoms with Crippen molar-refractivity contribution in [3.05, 3.63) is 36.0 Å². The fraction of sp³-hybridized carbons (Fsp3) is 0.400. The van der Waals surface area contributed by atoms with E-state index in [9.17, 15) is 10.1 Å². The van der Waals surface area contributed by atoms with Crippen molar-refractivity contribution in [2.45, 2.75) is 25.7 Å². The molecule has 1 amide bonds. The largest absolute Gasteiger partial charge is 0.497 e. The Balaban J connectivity index is 1.51. The molecular formula is C20H24N6O2. The van der Waals surface area contributed by atoms with Crippen LogP contribution in [0.25, 0.3) is 0 Å². The maximum Gasteiger partial charge on any atom is 0.229 e. The number of methoxy groups -OCH3 is 1. The Kier molecular flexibility index (Phi) is 6.63. The third-order valence-electron chi connectivity index (χ3n) is 4.68. The number of amides is 1. The van der Waals surface area contributed by atoms with Crippen molar-refractivity contribution >= 4 is 23.4 Å². The van der Waals surface area contributed by atoms with Gasteiger partial charge in [-0.25, -0.2) is 4.98 Å². The normalized spacial score (nSPS) is 13.1. The van der Waals surface area contributed by atoms with Crippen molar-refractivity contribution in [2.24, 2.45) is 5.92 Å². The molecule has 8 heteroatoms. The highest BCUT2D eigenvalue weighted by Crippen LogP contribution is 2.26. The monoisotopic (exact) mass is 380 g/mol. The van der Waals surface area contributed by atoms with E-state index in [1.807, 2.05) is 24.3 Å². The van der Waals surface area contributed by atoms with E-state index in [2.05, 4.69) is 32.0 Å². The number of carbonyl (C=O) groups excluding carboxylic acids is 1. The van der Waals surface area contributed by atoms with Gasteiger partial charge in [0.1, 0.15) is 23.2 Å². The molecule has 28 heavy (non-hydrogen) atoms. The summed E-state index contributed by atoms with van der Waals surface area (Å²) in [7, 11) is 1.61. The first kappa shape index (κ1) is 19.4. The van der Waals surface area contributed by atoms with Crippen molar-refractivity contribution in [1.29, 1.82) is 5.26 Å². The average Bonchev–Trinajstić information content (AvgIpc) is 2.67. The topological polar surface area (TPSA) is 112 Å². The zero-order chi connectivity index (χ0) is 19.8. The number of anilines is 3. The molecule has 0 radical (unpaired) electrons. The van der Waals surface area contributed by atoms with Gasteiger partial charge in [-0.1, -0.05) is 6.42 Å². The average molecular weight is 380 g/mol. The Hall–Kier alpha value is -3.34. The van der Waals surface area contributed by atoms with Gasteiger partial charge in [-0.15, -0.1) is 0 Å². The summed E-state index contributed by atoms with van der Waals surface area (Å²) in [5, 5.41) is 18.5. The number of carbonyl (C=O) groups is 1. The first-order chi connectivity index (χ1) is 13.7. The first-order valence-corrected chi connectivity index (χ1v) is 9.39. The van der Waals surface area contributed by atoms with Crippen LogP contribution >= 0.6 is 0 Å². The van der Waals surface area contributed by atoms with Gasteiger partial charge in [0.2, 0.25) is 11.9 Å². The van der Waals surface area contributed by atoms with E-state index in [1.165, 1.54) is 6.20 Å². The van der Waals surface area contributed by atoms with Gasteiger partial charge in [0.25, 0.3) is 0 Å². The van der Waals surface area contributed by atoms with Crippen molar-refractivity contribution in [1.82, 2.24) is 15.3 Å². The molecule has 1 aliphatic rings. The summed E-state index contributed by atoms with van der Waals surface area (Å²) in [5.41, 5.74) is 1.19. The molecule has 1 heterocycles. The van der Waals surface area contributed by atoms with Crippen LogP contribution in [0.1, 0.15) is 31.2 Å². The lowest BCUT2D eigenvalue weighted by molar-refractivity contribution is -0.127. The predicted molar refractivity (Wildman–Crippen MR) is 106 cm³/mol. The Labute approximate surface area is 164 Å². The Morgan fingerprint density at radius 1 is 1.29 bits per heavy atom. The van der Waals surface area contributed by atoms with E-state index in [4.69, 9.17) is 4.74 Å². The molecular weight excluding hydrogens is 356 g/mol. The van der Waals surface area contributed by atoms with E-state index < -0.39 is 0 Å². The number of hydrogen-bond acceptors (Lipinski definition) is 7. The highest BCUT2D eigenvalue weighted by molar-refractivity contribution is 5.79. The maximum absolute atomic E-state index is 11.8. The molecule has 0 aliphatic heterocycles. The van der Waals surface area contributed by atoms with Crippen molar-refractivity contribution < 1.29 is 9.53 Å². The van der Waals surface area contributed by atoms with Crippen LogP contribution in [0.4, 0.5) is 17.5 Å². The molecule has 1 saturated carbocycles. The molecule has 0 unspecified atom stereocenters. The minimum Gasteiger partial charge on any atom is -0.497 e. The van der Waals surface area contributed by atoms with Crippen LogP contribution in [0.3, 0.4) is 0 Å². The van der Waals surface area contributed by atoms with Gasteiger partial charge in [0.05, 0.1) is 13.3 Å².